The normalized spacial score (nSPS) is 20.1. The largest absolute Gasteiger partial charge is 0.365 e. The van der Waals surface area contributed by atoms with Crippen molar-refractivity contribution in [2.24, 2.45) is 0 Å². The van der Waals surface area contributed by atoms with E-state index in [1.807, 2.05) is 34.7 Å². The van der Waals surface area contributed by atoms with Crippen LogP contribution < -0.4 is 10.2 Å². The Labute approximate surface area is 158 Å². The van der Waals surface area contributed by atoms with Crippen LogP contribution in [0.15, 0.2) is 30.3 Å². The van der Waals surface area contributed by atoms with Crippen molar-refractivity contribution in [1.29, 1.82) is 0 Å². The first-order chi connectivity index (χ1) is 13.0. The molecule has 2 aromatic rings. The van der Waals surface area contributed by atoms with Crippen LogP contribution in [0.1, 0.15) is 24.2 Å². The maximum absolute atomic E-state index is 12.6. The maximum Gasteiger partial charge on any atom is 0.245 e. The van der Waals surface area contributed by atoms with Crippen LogP contribution in [0.4, 0.5) is 5.69 Å². The van der Waals surface area contributed by atoms with Crippen LogP contribution in [-0.4, -0.2) is 58.7 Å². The van der Waals surface area contributed by atoms with Crippen LogP contribution in [0, 0.1) is 13.8 Å². The van der Waals surface area contributed by atoms with E-state index >= 15 is 0 Å². The highest BCUT2D eigenvalue weighted by Gasteiger charge is 2.33. The number of rotatable bonds is 3. The van der Waals surface area contributed by atoms with Gasteiger partial charge in [0.15, 0.2) is 0 Å². The van der Waals surface area contributed by atoms with E-state index in [9.17, 15) is 9.59 Å². The Morgan fingerprint density at radius 3 is 2.44 bits per heavy atom. The minimum atomic E-state index is -0.339. The summed E-state index contributed by atoms with van der Waals surface area (Å²) in [5.74, 6) is 0.0282. The molecule has 2 amide bonds. The first kappa shape index (κ1) is 17.6. The SMILES string of the molecule is Cc1nn(-c2ccccc2)c(C)c1N1CCN(C(=O)C2CCC(=O)N2)CC1. The molecule has 142 valence electrons. The maximum atomic E-state index is 12.6. The fraction of sp³-hybridized carbons (Fsp3) is 0.450. The third-order valence-corrected chi connectivity index (χ3v) is 5.45. The van der Waals surface area contributed by atoms with Crippen molar-refractivity contribution in [3.8, 4) is 5.69 Å². The molecule has 2 aliphatic rings. The van der Waals surface area contributed by atoms with Crippen molar-refractivity contribution < 1.29 is 9.59 Å². The lowest BCUT2D eigenvalue weighted by molar-refractivity contribution is -0.134. The van der Waals surface area contributed by atoms with Crippen molar-refractivity contribution in [2.75, 3.05) is 31.1 Å². The number of benzene rings is 1. The van der Waals surface area contributed by atoms with Crippen molar-refractivity contribution in [2.45, 2.75) is 32.7 Å². The van der Waals surface area contributed by atoms with E-state index < -0.39 is 0 Å². The van der Waals surface area contributed by atoms with Gasteiger partial charge in [0.05, 0.1) is 22.8 Å². The minimum absolute atomic E-state index is 0.0217. The van der Waals surface area contributed by atoms with E-state index in [2.05, 4.69) is 29.3 Å². The number of nitrogens with one attached hydrogen (secondary N) is 1. The van der Waals surface area contributed by atoms with E-state index in [1.54, 1.807) is 0 Å². The molecule has 2 saturated heterocycles. The van der Waals surface area contributed by atoms with E-state index in [-0.39, 0.29) is 17.9 Å². The molecule has 0 aliphatic carbocycles. The number of nitrogens with zero attached hydrogens (tertiary/aromatic N) is 4. The van der Waals surface area contributed by atoms with Gasteiger partial charge in [-0.2, -0.15) is 5.10 Å². The number of carbonyl (C=O) groups excluding carboxylic acids is 2. The summed E-state index contributed by atoms with van der Waals surface area (Å²) in [7, 11) is 0. The van der Waals surface area contributed by atoms with Crippen LogP contribution in [0.2, 0.25) is 0 Å². The number of aryl methyl sites for hydroxylation is 1. The second-order valence-corrected chi connectivity index (χ2v) is 7.24. The summed E-state index contributed by atoms with van der Waals surface area (Å²) in [5.41, 5.74) is 4.32. The first-order valence-corrected chi connectivity index (χ1v) is 9.49. The van der Waals surface area contributed by atoms with Gasteiger partial charge >= 0.3 is 0 Å². The van der Waals surface area contributed by atoms with Crippen molar-refractivity contribution >= 4 is 17.5 Å². The average molecular weight is 367 g/mol. The molecule has 1 N–H and O–H groups in total. The number of hydrogen-bond acceptors (Lipinski definition) is 4. The van der Waals surface area contributed by atoms with Gasteiger partial charge in [-0.3, -0.25) is 9.59 Å². The molecule has 2 fully saturated rings. The molecule has 27 heavy (non-hydrogen) atoms. The molecule has 1 aromatic heterocycles. The number of hydrogen-bond donors (Lipinski definition) is 1. The first-order valence-electron chi connectivity index (χ1n) is 9.49. The van der Waals surface area contributed by atoms with Gasteiger partial charge in [-0.1, -0.05) is 18.2 Å². The van der Waals surface area contributed by atoms with Crippen LogP contribution in [0.3, 0.4) is 0 Å². The Balaban J connectivity index is 1.46. The Morgan fingerprint density at radius 2 is 1.81 bits per heavy atom. The van der Waals surface area contributed by atoms with Crippen LogP contribution in [0.5, 0.6) is 0 Å². The molecule has 4 rings (SSSR count). The zero-order chi connectivity index (χ0) is 19.0. The topological polar surface area (TPSA) is 70.5 Å². The molecule has 1 atom stereocenters. The summed E-state index contributed by atoms with van der Waals surface area (Å²) in [6, 6.07) is 9.79. The third kappa shape index (κ3) is 3.29. The zero-order valence-corrected chi connectivity index (χ0v) is 15.8. The molecule has 2 aliphatic heterocycles. The second-order valence-electron chi connectivity index (χ2n) is 7.24. The molecular formula is C20H25N5O2. The van der Waals surface area contributed by atoms with Crippen LogP contribution >= 0.6 is 0 Å². The fourth-order valence-electron chi connectivity index (χ4n) is 4.08. The highest BCUT2D eigenvalue weighted by atomic mass is 16.2. The molecule has 7 nitrogen and oxygen atoms in total. The predicted molar refractivity (Wildman–Crippen MR) is 103 cm³/mol. The van der Waals surface area contributed by atoms with Gasteiger partial charge in [0.2, 0.25) is 11.8 Å². The molecule has 0 saturated carbocycles. The van der Waals surface area contributed by atoms with Gasteiger partial charge in [0, 0.05) is 32.6 Å². The third-order valence-electron chi connectivity index (χ3n) is 5.45. The van der Waals surface area contributed by atoms with Gasteiger partial charge in [0.25, 0.3) is 0 Å². The van der Waals surface area contributed by atoms with E-state index in [4.69, 9.17) is 5.10 Å². The molecule has 0 bridgehead atoms. The average Bonchev–Trinajstić information content (AvgIpc) is 3.25. The van der Waals surface area contributed by atoms with Crippen molar-refractivity contribution in [1.82, 2.24) is 20.0 Å². The van der Waals surface area contributed by atoms with Crippen molar-refractivity contribution in [3.63, 3.8) is 0 Å². The summed E-state index contributed by atoms with van der Waals surface area (Å²) < 4.78 is 1.98. The molecule has 1 aromatic carbocycles. The summed E-state index contributed by atoms with van der Waals surface area (Å²) in [4.78, 5) is 28.1. The van der Waals surface area contributed by atoms with Gasteiger partial charge in [0.1, 0.15) is 6.04 Å². The lowest BCUT2D eigenvalue weighted by Crippen LogP contribution is -2.53. The highest BCUT2D eigenvalue weighted by molar-refractivity contribution is 5.91. The summed E-state index contributed by atoms with van der Waals surface area (Å²) in [6.07, 6.45) is 1.06. The number of carbonyl (C=O) groups is 2. The second kappa shape index (κ2) is 7.06. The molecular weight excluding hydrogens is 342 g/mol. The highest BCUT2D eigenvalue weighted by Crippen LogP contribution is 2.28. The van der Waals surface area contributed by atoms with Crippen molar-refractivity contribution in [3.05, 3.63) is 41.7 Å². The van der Waals surface area contributed by atoms with Crippen LogP contribution in [-0.2, 0) is 9.59 Å². The Kier molecular flexibility index (Phi) is 4.59. The Bertz CT molecular complexity index is 853. The summed E-state index contributed by atoms with van der Waals surface area (Å²) >= 11 is 0. The van der Waals surface area contributed by atoms with Gasteiger partial charge in [-0.15, -0.1) is 0 Å². The standard InChI is InChI=1S/C20H25N5O2/c1-14-19(15(2)25(22-14)16-6-4-3-5-7-16)23-10-12-24(13-11-23)20(27)17-8-9-18(26)21-17/h3-7,17H,8-13H2,1-2H3,(H,21,26). The molecule has 0 radical (unpaired) electrons. The van der Waals surface area contributed by atoms with Crippen LogP contribution in [0.25, 0.3) is 5.69 Å². The number of para-hydroxylation sites is 1. The van der Waals surface area contributed by atoms with E-state index in [0.717, 1.165) is 35.9 Å². The molecule has 1 unspecified atom stereocenters. The Hall–Kier alpha value is -2.83. The van der Waals surface area contributed by atoms with E-state index in [1.165, 1.54) is 0 Å². The number of piperazine rings is 1. The monoisotopic (exact) mass is 367 g/mol. The van der Waals surface area contributed by atoms with Gasteiger partial charge in [-0.25, -0.2) is 4.68 Å². The number of aromatic nitrogens is 2. The molecule has 3 heterocycles. The fourth-order valence-corrected chi connectivity index (χ4v) is 4.08. The minimum Gasteiger partial charge on any atom is -0.365 e. The van der Waals surface area contributed by atoms with Gasteiger partial charge < -0.3 is 15.1 Å². The Morgan fingerprint density at radius 1 is 1.11 bits per heavy atom. The molecule has 0 spiro atoms. The summed E-state index contributed by atoms with van der Waals surface area (Å²) in [6.45, 7) is 7.01. The van der Waals surface area contributed by atoms with Gasteiger partial charge in [-0.05, 0) is 32.4 Å². The molecule has 7 heteroatoms. The quantitative estimate of drug-likeness (QED) is 0.891. The lowest BCUT2D eigenvalue weighted by Gasteiger charge is -2.37. The lowest BCUT2D eigenvalue weighted by atomic mass is 10.1. The summed E-state index contributed by atoms with van der Waals surface area (Å²) in [5, 5.41) is 7.50. The number of amides is 2. The smallest absolute Gasteiger partial charge is 0.245 e. The predicted octanol–water partition coefficient (Wildman–Crippen LogP) is 1.42. The zero-order valence-electron chi connectivity index (χ0n) is 15.8. The van der Waals surface area contributed by atoms with E-state index in [0.29, 0.717) is 25.9 Å². The number of anilines is 1.